The van der Waals surface area contributed by atoms with Crippen LogP contribution in [0.3, 0.4) is 0 Å². The minimum atomic E-state index is 0.584. The van der Waals surface area contributed by atoms with E-state index in [-0.39, 0.29) is 0 Å². The Kier molecular flexibility index (Phi) is 3.22. The van der Waals surface area contributed by atoms with Crippen molar-refractivity contribution in [2.45, 2.75) is 53.0 Å². The lowest BCUT2D eigenvalue weighted by atomic mass is 9.96. The molecule has 88 valence electrons. The molecule has 0 bridgehead atoms. The third-order valence-corrected chi connectivity index (χ3v) is 3.28. The fourth-order valence-electron chi connectivity index (χ4n) is 2.59. The lowest BCUT2D eigenvalue weighted by Crippen LogP contribution is -2.06. The van der Waals surface area contributed by atoms with E-state index in [9.17, 15) is 0 Å². The number of hydrogen-bond acceptors (Lipinski definition) is 0. The summed E-state index contributed by atoms with van der Waals surface area (Å²) < 4.78 is 2.47. The third kappa shape index (κ3) is 2.09. The molecule has 1 aliphatic rings. The average Bonchev–Trinajstić information content (AvgIpc) is 2.57. The van der Waals surface area contributed by atoms with Gasteiger partial charge in [-0.3, -0.25) is 0 Å². The first-order chi connectivity index (χ1) is 7.59. The minimum Gasteiger partial charge on any atom is -0.348 e. The molecule has 0 fully saturated rings. The monoisotopic (exact) mass is 217 g/mol. The molecule has 0 saturated carbocycles. The van der Waals surface area contributed by atoms with Crippen molar-refractivity contribution in [3.63, 3.8) is 0 Å². The van der Waals surface area contributed by atoms with Crippen LogP contribution in [0, 0.1) is 5.92 Å². The lowest BCUT2D eigenvalue weighted by Gasteiger charge is -2.15. The summed E-state index contributed by atoms with van der Waals surface area (Å²) in [6.07, 6.45) is 10.6. The van der Waals surface area contributed by atoms with Gasteiger partial charge in [-0.05, 0) is 50.2 Å². The SMILES string of the molecule is CC(C)Cc1cn(C(C)C)c2c1C=CCC2. The van der Waals surface area contributed by atoms with Crippen molar-refractivity contribution in [1.29, 1.82) is 0 Å². The van der Waals surface area contributed by atoms with Gasteiger partial charge in [0.1, 0.15) is 0 Å². The summed E-state index contributed by atoms with van der Waals surface area (Å²) in [6, 6.07) is 0.584. The Labute approximate surface area is 99.2 Å². The number of rotatable bonds is 3. The van der Waals surface area contributed by atoms with E-state index in [4.69, 9.17) is 0 Å². The summed E-state index contributed by atoms with van der Waals surface area (Å²) in [5.41, 5.74) is 4.59. The van der Waals surface area contributed by atoms with Crippen molar-refractivity contribution in [1.82, 2.24) is 4.57 Å². The Morgan fingerprint density at radius 1 is 1.25 bits per heavy atom. The lowest BCUT2D eigenvalue weighted by molar-refractivity contribution is 0.571. The van der Waals surface area contributed by atoms with Crippen LogP contribution in [-0.4, -0.2) is 4.57 Å². The molecule has 0 unspecified atom stereocenters. The number of aromatic nitrogens is 1. The summed E-state index contributed by atoms with van der Waals surface area (Å²) >= 11 is 0. The largest absolute Gasteiger partial charge is 0.348 e. The highest BCUT2D eigenvalue weighted by Gasteiger charge is 2.17. The molecule has 0 aliphatic heterocycles. The first-order valence-electron chi connectivity index (χ1n) is 6.48. The Hall–Kier alpha value is -0.980. The van der Waals surface area contributed by atoms with E-state index in [0.29, 0.717) is 6.04 Å². The van der Waals surface area contributed by atoms with Crippen molar-refractivity contribution in [2.24, 2.45) is 5.92 Å². The Bertz CT molecular complexity index is 394. The van der Waals surface area contributed by atoms with E-state index in [2.05, 4.69) is 50.6 Å². The second-order valence-corrected chi connectivity index (χ2v) is 5.55. The average molecular weight is 217 g/mol. The van der Waals surface area contributed by atoms with Gasteiger partial charge in [-0.2, -0.15) is 0 Å². The van der Waals surface area contributed by atoms with Crippen LogP contribution < -0.4 is 0 Å². The Balaban J connectivity index is 2.43. The van der Waals surface area contributed by atoms with Crippen molar-refractivity contribution < 1.29 is 0 Å². The highest BCUT2D eigenvalue weighted by Crippen LogP contribution is 2.29. The van der Waals surface area contributed by atoms with E-state index in [1.165, 1.54) is 30.4 Å². The summed E-state index contributed by atoms with van der Waals surface area (Å²) in [5.74, 6) is 0.738. The van der Waals surface area contributed by atoms with Crippen LogP contribution >= 0.6 is 0 Å². The molecule has 0 atom stereocenters. The molecule has 2 rings (SSSR count). The molecule has 1 aromatic rings. The van der Waals surface area contributed by atoms with Gasteiger partial charge in [0.15, 0.2) is 0 Å². The van der Waals surface area contributed by atoms with Crippen LogP contribution in [0.2, 0.25) is 0 Å². The summed E-state index contributed by atoms with van der Waals surface area (Å²) in [7, 11) is 0. The summed E-state index contributed by atoms with van der Waals surface area (Å²) in [5, 5.41) is 0. The second kappa shape index (κ2) is 4.48. The van der Waals surface area contributed by atoms with E-state index in [1.807, 2.05) is 0 Å². The van der Waals surface area contributed by atoms with Crippen LogP contribution in [0.4, 0.5) is 0 Å². The standard InChI is InChI=1S/C15H23N/c1-11(2)9-13-10-16(12(3)4)15-8-6-5-7-14(13)15/h5,7,10-12H,6,8-9H2,1-4H3. The topological polar surface area (TPSA) is 4.93 Å². The predicted molar refractivity (Wildman–Crippen MR) is 70.7 cm³/mol. The van der Waals surface area contributed by atoms with E-state index in [0.717, 1.165) is 5.92 Å². The normalized spacial score (nSPS) is 14.9. The van der Waals surface area contributed by atoms with Crippen LogP contribution in [0.25, 0.3) is 6.08 Å². The molecule has 1 nitrogen and oxygen atoms in total. The van der Waals surface area contributed by atoms with Gasteiger partial charge in [0, 0.05) is 17.9 Å². The molecule has 1 heterocycles. The number of fused-ring (bicyclic) bond motifs is 1. The molecular weight excluding hydrogens is 194 g/mol. The third-order valence-electron chi connectivity index (χ3n) is 3.28. The molecule has 0 radical (unpaired) electrons. The Morgan fingerprint density at radius 3 is 2.62 bits per heavy atom. The van der Waals surface area contributed by atoms with Crippen LogP contribution in [-0.2, 0) is 12.8 Å². The maximum atomic E-state index is 2.47. The second-order valence-electron chi connectivity index (χ2n) is 5.55. The van der Waals surface area contributed by atoms with Gasteiger partial charge in [0.2, 0.25) is 0 Å². The molecule has 0 amide bonds. The highest BCUT2D eigenvalue weighted by molar-refractivity contribution is 5.59. The zero-order valence-electron chi connectivity index (χ0n) is 11.0. The number of nitrogens with zero attached hydrogens (tertiary/aromatic N) is 1. The zero-order chi connectivity index (χ0) is 11.7. The van der Waals surface area contributed by atoms with Gasteiger partial charge in [0.25, 0.3) is 0 Å². The van der Waals surface area contributed by atoms with Crippen LogP contribution in [0.15, 0.2) is 12.3 Å². The predicted octanol–water partition coefficient (Wildman–Crippen LogP) is 4.23. The molecule has 0 aromatic carbocycles. The van der Waals surface area contributed by atoms with Crippen molar-refractivity contribution in [3.8, 4) is 0 Å². The van der Waals surface area contributed by atoms with Crippen molar-refractivity contribution in [3.05, 3.63) is 29.1 Å². The molecule has 1 aromatic heterocycles. The molecule has 0 spiro atoms. The van der Waals surface area contributed by atoms with E-state index < -0.39 is 0 Å². The summed E-state index contributed by atoms with van der Waals surface area (Å²) in [4.78, 5) is 0. The molecule has 1 aliphatic carbocycles. The zero-order valence-corrected chi connectivity index (χ0v) is 11.0. The quantitative estimate of drug-likeness (QED) is 0.714. The smallest absolute Gasteiger partial charge is 0.0277 e. The first-order valence-corrected chi connectivity index (χ1v) is 6.48. The minimum absolute atomic E-state index is 0.584. The highest BCUT2D eigenvalue weighted by atomic mass is 15.0. The molecule has 0 N–H and O–H groups in total. The van der Waals surface area contributed by atoms with Crippen LogP contribution in [0.1, 0.15) is 57.0 Å². The first kappa shape index (κ1) is 11.5. The van der Waals surface area contributed by atoms with Gasteiger partial charge < -0.3 is 4.57 Å². The number of allylic oxidation sites excluding steroid dienone is 1. The van der Waals surface area contributed by atoms with Crippen molar-refractivity contribution in [2.75, 3.05) is 0 Å². The van der Waals surface area contributed by atoms with Gasteiger partial charge in [-0.15, -0.1) is 0 Å². The fraction of sp³-hybridized carbons (Fsp3) is 0.600. The van der Waals surface area contributed by atoms with Gasteiger partial charge in [-0.1, -0.05) is 26.0 Å². The van der Waals surface area contributed by atoms with E-state index in [1.54, 1.807) is 5.69 Å². The van der Waals surface area contributed by atoms with Gasteiger partial charge in [-0.25, -0.2) is 0 Å². The molecular formula is C15H23N. The fourth-order valence-corrected chi connectivity index (χ4v) is 2.59. The van der Waals surface area contributed by atoms with Crippen LogP contribution in [0.5, 0.6) is 0 Å². The maximum absolute atomic E-state index is 2.47. The van der Waals surface area contributed by atoms with E-state index >= 15 is 0 Å². The molecule has 0 saturated heterocycles. The maximum Gasteiger partial charge on any atom is 0.0277 e. The van der Waals surface area contributed by atoms with Crippen molar-refractivity contribution >= 4 is 6.08 Å². The van der Waals surface area contributed by atoms with Gasteiger partial charge in [0.05, 0.1) is 0 Å². The summed E-state index contributed by atoms with van der Waals surface area (Å²) in [6.45, 7) is 9.15. The Morgan fingerprint density at radius 2 is 2.00 bits per heavy atom. The molecule has 16 heavy (non-hydrogen) atoms. The van der Waals surface area contributed by atoms with Gasteiger partial charge >= 0.3 is 0 Å². The number of hydrogen-bond donors (Lipinski definition) is 0. The molecule has 1 heteroatoms.